The van der Waals surface area contributed by atoms with Crippen LogP contribution in [0.25, 0.3) is 0 Å². The highest BCUT2D eigenvalue weighted by Crippen LogP contribution is 2.34. The number of hydrogen-bond donors (Lipinski definition) is 0. The molecule has 1 nitrogen and oxygen atoms in total. The van der Waals surface area contributed by atoms with E-state index < -0.39 is 0 Å². The van der Waals surface area contributed by atoms with Crippen molar-refractivity contribution >= 4 is 0 Å². The van der Waals surface area contributed by atoms with Gasteiger partial charge in [0, 0.05) is 0 Å². The molecule has 0 saturated carbocycles. The molecule has 112 valence electrons. The van der Waals surface area contributed by atoms with Gasteiger partial charge in [0.05, 0.1) is 11.6 Å². The topological polar surface area (TPSA) is 23.8 Å². The second-order valence-electron chi connectivity index (χ2n) is 6.14. The van der Waals surface area contributed by atoms with Crippen LogP contribution in [-0.2, 0) is 19.3 Å². The number of benzene rings is 2. The van der Waals surface area contributed by atoms with E-state index in [0.717, 1.165) is 43.2 Å². The molecule has 0 radical (unpaired) electrons. The number of nitriles is 1. The normalized spacial score (nSPS) is 16.9. The molecule has 0 amide bonds. The van der Waals surface area contributed by atoms with Crippen molar-refractivity contribution in [2.45, 2.75) is 44.9 Å². The molecule has 0 N–H and O–H groups in total. The largest absolute Gasteiger partial charge is 0.207 e. The van der Waals surface area contributed by atoms with Crippen LogP contribution in [0.1, 0.15) is 53.5 Å². The zero-order chi connectivity index (χ0) is 15.5. The highest BCUT2D eigenvalue weighted by atomic mass is 19.1. The fraction of sp³-hybridized carbons (Fsp3) is 0.350. The first-order chi connectivity index (χ1) is 10.7. The molecular weight excluding hydrogens is 273 g/mol. The summed E-state index contributed by atoms with van der Waals surface area (Å²) in [7, 11) is 0. The molecule has 0 spiro atoms. The Bertz CT molecular complexity index is 727. The summed E-state index contributed by atoms with van der Waals surface area (Å²) in [4.78, 5) is 0. The molecule has 2 aromatic rings. The van der Waals surface area contributed by atoms with Gasteiger partial charge in [-0.2, -0.15) is 5.26 Å². The van der Waals surface area contributed by atoms with Crippen LogP contribution in [0.2, 0.25) is 0 Å². The summed E-state index contributed by atoms with van der Waals surface area (Å²) < 4.78 is 14.4. The lowest BCUT2D eigenvalue weighted by Crippen LogP contribution is -2.14. The van der Waals surface area contributed by atoms with E-state index in [-0.39, 0.29) is 11.7 Å². The lowest BCUT2D eigenvalue weighted by molar-refractivity contribution is 0.533. The Hall–Kier alpha value is -2.14. The Labute approximate surface area is 131 Å². The van der Waals surface area contributed by atoms with Crippen molar-refractivity contribution < 1.29 is 4.39 Å². The van der Waals surface area contributed by atoms with Crippen molar-refractivity contribution in [3.05, 3.63) is 70.0 Å². The number of rotatable bonds is 3. The number of nitrogens with zero attached hydrogens (tertiary/aromatic N) is 1. The highest BCUT2D eigenvalue weighted by molar-refractivity contribution is 5.41. The molecule has 0 fully saturated rings. The molecule has 0 aromatic heterocycles. The third-order valence-corrected chi connectivity index (χ3v) is 4.61. The zero-order valence-electron chi connectivity index (χ0n) is 12.9. The van der Waals surface area contributed by atoms with E-state index >= 15 is 0 Å². The van der Waals surface area contributed by atoms with Gasteiger partial charge in [0.25, 0.3) is 0 Å². The lowest BCUT2D eigenvalue weighted by Gasteiger charge is -2.25. The standard InChI is InChI=1S/C20H20FN/c1-2-3-14-5-9-19(20(21)11-14)18-8-7-16-10-15(13-22)4-6-17(16)12-18/h4-6,9-11,18H,2-3,7-8,12H2,1H3. The summed E-state index contributed by atoms with van der Waals surface area (Å²) in [6.07, 6.45) is 4.71. The van der Waals surface area contributed by atoms with Crippen LogP contribution in [0.5, 0.6) is 0 Å². The number of halogens is 1. The van der Waals surface area contributed by atoms with Gasteiger partial charge in [0.1, 0.15) is 5.82 Å². The molecular formula is C20H20FN. The van der Waals surface area contributed by atoms with Crippen LogP contribution < -0.4 is 0 Å². The van der Waals surface area contributed by atoms with Gasteiger partial charge >= 0.3 is 0 Å². The summed E-state index contributed by atoms with van der Waals surface area (Å²) in [5, 5.41) is 8.98. The van der Waals surface area contributed by atoms with E-state index in [9.17, 15) is 4.39 Å². The van der Waals surface area contributed by atoms with Crippen molar-refractivity contribution in [1.29, 1.82) is 5.26 Å². The summed E-state index contributed by atoms with van der Waals surface area (Å²) in [5.74, 6) is 0.184. The molecule has 22 heavy (non-hydrogen) atoms. The van der Waals surface area contributed by atoms with Crippen molar-refractivity contribution in [2.24, 2.45) is 0 Å². The Kier molecular flexibility index (Phi) is 4.24. The van der Waals surface area contributed by atoms with Crippen molar-refractivity contribution in [1.82, 2.24) is 0 Å². The monoisotopic (exact) mass is 293 g/mol. The van der Waals surface area contributed by atoms with Crippen molar-refractivity contribution in [2.75, 3.05) is 0 Å². The number of aryl methyl sites for hydroxylation is 2. The van der Waals surface area contributed by atoms with Crippen LogP contribution >= 0.6 is 0 Å². The summed E-state index contributed by atoms with van der Waals surface area (Å²) >= 11 is 0. The van der Waals surface area contributed by atoms with E-state index in [4.69, 9.17) is 5.26 Å². The third-order valence-electron chi connectivity index (χ3n) is 4.61. The first kappa shape index (κ1) is 14.8. The lowest BCUT2D eigenvalue weighted by atomic mass is 9.79. The van der Waals surface area contributed by atoms with Crippen LogP contribution in [0.4, 0.5) is 4.39 Å². The molecule has 0 heterocycles. The van der Waals surface area contributed by atoms with Gasteiger partial charge in [-0.25, -0.2) is 4.39 Å². The Morgan fingerprint density at radius 3 is 2.77 bits per heavy atom. The molecule has 0 bridgehead atoms. The van der Waals surface area contributed by atoms with Gasteiger partial charge in [-0.3, -0.25) is 0 Å². The number of fused-ring (bicyclic) bond motifs is 1. The SMILES string of the molecule is CCCc1ccc(C2CCc3cc(C#N)ccc3C2)c(F)c1. The van der Waals surface area contributed by atoms with Gasteiger partial charge in [-0.1, -0.05) is 31.5 Å². The Morgan fingerprint density at radius 1 is 1.18 bits per heavy atom. The average molecular weight is 293 g/mol. The third kappa shape index (κ3) is 2.90. The van der Waals surface area contributed by atoms with E-state index in [1.165, 1.54) is 11.1 Å². The maximum atomic E-state index is 14.4. The first-order valence-electron chi connectivity index (χ1n) is 8.01. The second kappa shape index (κ2) is 6.32. The first-order valence-corrected chi connectivity index (χ1v) is 8.01. The predicted molar refractivity (Wildman–Crippen MR) is 86.3 cm³/mol. The molecule has 0 aliphatic heterocycles. The van der Waals surface area contributed by atoms with E-state index in [0.29, 0.717) is 5.56 Å². The van der Waals surface area contributed by atoms with E-state index in [1.54, 1.807) is 6.07 Å². The maximum Gasteiger partial charge on any atom is 0.126 e. The van der Waals surface area contributed by atoms with Crippen LogP contribution in [0.15, 0.2) is 36.4 Å². The second-order valence-corrected chi connectivity index (χ2v) is 6.14. The quantitative estimate of drug-likeness (QED) is 0.787. The summed E-state index contributed by atoms with van der Waals surface area (Å²) in [5.41, 5.74) is 5.14. The van der Waals surface area contributed by atoms with Crippen LogP contribution in [-0.4, -0.2) is 0 Å². The highest BCUT2D eigenvalue weighted by Gasteiger charge is 2.22. The fourth-order valence-electron chi connectivity index (χ4n) is 3.44. The van der Waals surface area contributed by atoms with E-state index in [1.807, 2.05) is 24.3 Å². The fourth-order valence-corrected chi connectivity index (χ4v) is 3.44. The smallest absolute Gasteiger partial charge is 0.126 e. The molecule has 2 heteroatoms. The minimum atomic E-state index is -0.0620. The minimum Gasteiger partial charge on any atom is -0.207 e. The number of hydrogen-bond acceptors (Lipinski definition) is 1. The van der Waals surface area contributed by atoms with Gasteiger partial charge in [0.15, 0.2) is 0 Å². The van der Waals surface area contributed by atoms with Gasteiger partial charge in [-0.15, -0.1) is 0 Å². The van der Waals surface area contributed by atoms with Gasteiger partial charge < -0.3 is 0 Å². The van der Waals surface area contributed by atoms with Gasteiger partial charge in [0.2, 0.25) is 0 Å². The molecule has 3 rings (SSSR count). The molecule has 1 aliphatic rings. The zero-order valence-corrected chi connectivity index (χ0v) is 12.9. The van der Waals surface area contributed by atoms with Gasteiger partial charge in [-0.05, 0) is 72.1 Å². The van der Waals surface area contributed by atoms with E-state index in [2.05, 4.69) is 19.1 Å². The van der Waals surface area contributed by atoms with Crippen LogP contribution in [0, 0.1) is 17.1 Å². The minimum absolute atomic E-state index is 0.0620. The molecule has 0 saturated heterocycles. The molecule has 1 unspecified atom stereocenters. The average Bonchev–Trinajstić information content (AvgIpc) is 2.54. The van der Waals surface area contributed by atoms with Crippen molar-refractivity contribution in [3.8, 4) is 6.07 Å². The Morgan fingerprint density at radius 2 is 2.05 bits per heavy atom. The predicted octanol–water partition coefficient (Wildman–Crippen LogP) is 4.92. The molecule has 1 atom stereocenters. The summed E-state index contributed by atoms with van der Waals surface area (Å²) in [6, 6.07) is 13.8. The van der Waals surface area contributed by atoms with Crippen molar-refractivity contribution in [3.63, 3.8) is 0 Å². The van der Waals surface area contributed by atoms with Crippen LogP contribution in [0.3, 0.4) is 0 Å². The maximum absolute atomic E-state index is 14.4. The molecule has 2 aromatic carbocycles. The molecule has 1 aliphatic carbocycles. The summed E-state index contributed by atoms with van der Waals surface area (Å²) in [6.45, 7) is 2.11. The Balaban J connectivity index is 1.84.